The molecule has 0 spiro atoms. The van der Waals surface area contributed by atoms with Crippen LogP contribution in [-0.2, 0) is 0 Å². The van der Waals surface area contributed by atoms with Gasteiger partial charge >= 0.3 is 0 Å². The molecule has 41 heavy (non-hydrogen) atoms. The van der Waals surface area contributed by atoms with E-state index in [-0.39, 0.29) is 23.6 Å². The van der Waals surface area contributed by atoms with E-state index < -0.39 is 5.82 Å². The van der Waals surface area contributed by atoms with E-state index in [1.807, 2.05) is 36.9 Å². The summed E-state index contributed by atoms with van der Waals surface area (Å²) in [6, 6.07) is 10.5. The third-order valence-electron chi connectivity index (χ3n) is 8.31. The highest BCUT2D eigenvalue weighted by atomic mass is 19.1. The van der Waals surface area contributed by atoms with Crippen LogP contribution in [0.2, 0.25) is 0 Å². The van der Waals surface area contributed by atoms with E-state index in [0.29, 0.717) is 34.7 Å². The summed E-state index contributed by atoms with van der Waals surface area (Å²) in [7, 11) is 0. The van der Waals surface area contributed by atoms with Crippen LogP contribution in [0, 0.1) is 19.7 Å². The molecule has 1 aromatic carbocycles. The van der Waals surface area contributed by atoms with Crippen molar-refractivity contribution in [3.63, 3.8) is 0 Å². The van der Waals surface area contributed by atoms with Crippen molar-refractivity contribution in [3.8, 4) is 11.3 Å². The van der Waals surface area contributed by atoms with Gasteiger partial charge in [-0.05, 0) is 77.6 Å². The predicted octanol–water partition coefficient (Wildman–Crippen LogP) is 5.72. The second kappa shape index (κ2) is 11.2. The van der Waals surface area contributed by atoms with Crippen LogP contribution < -0.4 is 10.6 Å². The Bertz CT molecular complexity index is 1590. The lowest BCUT2D eigenvalue weighted by molar-refractivity contribution is 0.0696. The van der Waals surface area contributed by atoms with Crippen LogP contribution in [0.25, 0.3) is 22.3 Å². The van der Waals surface area contributed by atoms with Gasteiger partial charge in [-0.25, -0.2) is 24.3 Å². The number of amides is 1. The molecule has 4 heterocycles. The molecule has 0 radical (unpaired) electrons. The van der Waals surface area contributed by atoms with Crippen molar-refractivity contribution < 1.29 is 9.18 Å². The van der Waals surface area contributed by atoms with E-state index in [2.05, 4.69) is 49.0 Å². The monoisotopic (exact) mass is 556 g/mol. The van der Waals surface area contributed by atoms with Gasteiger partial charge in [-0.3, -0.25) is 4.79 Å². The highest BCUT2D eigenvalue weighted by Crippen LogP contribution is 2.29. The molecule has 1 aliphatic carbocycles. The van der Waals surface area contributed by atoms with E-state index in [9.17, 15) is 9.18 Å². The van der Waals surface area contributed by atoms with Crippen LogP contribution in [0.4, 0.5) is 16.2 Å². The molecular formula is C31H37FN8O. The summed E-state index contributed by atoms with van der Waals surface area (Å²) < 4.78 is 17.0. The smallest absolute Gasteiger partial charge is 0.255 e. The molecule has 2 aliphatic rings. The molecule has 0 atom stereocenters. The first-order valence-corrected chi connectivity index (χ1v) is 14.6. The molecule has 10 heteroatoms. The van der Waals surface area contributed by atoms with Crippen LogP contribution in [-0.4, -0.2) is 60.5 Å². The number of imidazole rings is 1. The number of rotatable bonds is 7. The number of likely N-dealkylation sites (tertiary alicyclic amines) is 1. The minimum Gasteiger partial charge on any atom is -0.338 e. The SMILES string of the molecule is Cc1nc(Nc2ncc(F)c(-c3ccc4nc(C)n(C(C)C)c4c3)n2)ccc1C(=O)N1CCC(NC2CCC2)CC1. The number of carbonyl (C=O) groups excluding carboxylic acids is 1. The average molecular weight is 557 g/mol. The molecule has 3 aromatic heterocycles. The first kappa shape index (κ1) is 27.3. The van der Waals surface area contributed by atoms with Gasteiger partial charge in [-0.15, -0.1) is 0 Å². The molecule has 0 unspecified atom stereocenters. The standard InChI is InChI=1S/C31H37FN8O/c1-18(2)40-20(4)35-26-10-8-21(16-27(26)40)29-25(32)17-33-31(38-29)37-28-11-9-24(19(3)34-28)30(41)39-14-12-23(13-15-39)36-22-6-5-7-22/h8-11,16-18,22-23,36H,5-7,12-15H2,1-4H3,(H,33,34,37,38). The third-order valence-corrected chi connectivity index (χ3v) is 8.31. The number of hydrogen-bond donors (Lipinski definition) is 2. The zero-order valence-electron chi connectivity index (χ0n) is 24.1. The minimum absolute atomic E-state index is 0.00947. The van der Waals surface area contributed by atoms with Crippen LogP contribution in [0.3, 0.4) is 0 Å². The fourth-order valence-corrected chi connectivity index (χ4v) is 5.94. The number of nitrogens with one attached hydrogen (secondary N) is 2. The van der Waals surface area contributed by atoms with Gasteiger partial charge in [0.05, 0.1) is 28.5 Å². The maximum atomic E-state index is 14.9. The average Bonchev–Trinajstić information content (AvgIpc) is 3.27. The zero-order chi connectivity index (χ0) is 28.7. The van der Waals surface area contributed by atoms with Crippen molar-refractivity contribution in [2.75, 3.05) is 18.4 Å². The Balaban J connectivity index is 1.16. The fourth-order valence-electron chi connectivity index (χ4n) is 5.94. The van der Waals surface area contributed by atoms with Gasteiger partial charge in [0, 0.05) is 36.8 Å². The van der Waals surface area contributed by atoms with Crippen molar-refractivity contribution in [1.82, 2.24) is 34.7 Å². The number of benzene rings is 1. The van der Waals surface area contributed by atoms with Gasteiger partial charge in [-0.1, -0.05) is 12.5 Å². The highest BCUT2D eigenvalue weighted by Gasteiger charge is 2.28. The summed E-state index contributed by atoms with van der Waals surface area (Å²) in [6.07, 6.45) is 6.98. The molecule has 2 N–H and O–H groups in total. The molecule has 0 bridgehead atoms. The van der Waals surface area contributed by atoms with Crippen molar-refractivity contribution in [2.24, 2.45) is 0 Å². The zero-order valence-corrected chi connectivity index (χ0v) is 24.1. The van der Waals surface area contributed by atoms with Gasteiger partial charge in [0.25, 0.3) is 5.91 Å². The normalized spacial score (nSPS) is 16.4. The first-order valence-electron chi connectivity index (χ1n) is 14.6. The van der Waals surface area contributed by atoms with Crippen LogP contribution >= 0.6 is 0 Å². The predicted molar refractivity (Wildman–Crippen MR) is 158 cm³/mol. The van der Waals surface area contributed by atoms with Gasteiger partial charge in [-0.2, -0.15) is 0 Å². The number of nitrogens with zero attached hydrogens (tertiary/aromatic N) is 6. The number of aromatic nitrogens is 5. The summed E-state index contributed by atoms with van der Waals surface area (Å²) in [6.45, 7) is 9.49. The van der Waals surface area contributed by atoms with Crippen molar-refractivity contribution >= 4 is 28.7 Å². The van der Waals surface area contributed by atoms with E-state index in [1.54, 1.807) is 12.1 Å². The Morgan fingerprint density at radius 3 is 2.44 bits per heavy atom. The van der Waals surface area contributed by atoms with Crippen LogP contribution in [0.1, 0.15) is 73.9 Å². The van der Waals surface area contributed by atoms with Gasteiger partial charge in [0.2, 0.25) is 5.95 Å². The lowest BCUT2D eigenvalue weighted by atomic mass is 9.91. The summed E-state index contributed by atoms with van der Waals surface area (Å²) in [5, 5.41) is 6.82. The number of hydrogen-bond acceptors (Lipinski definition) is 7. The minimum atomic E-state index is -0.515. The van der Waals surface area contributed by atoms with Crippen molar-refractivity contribution in [2.45, 2.75) is 77.9 Å². The highest BCUT2D eigenvalue weighted by molar-refractivity contribution is 5.95. The maximum absolute atomic E-state index is 14.9. The molecule has 1 saturated carbocycles. The Morgan fingerprint density at radius 1 is 1.00 bits per heavy atom. The summed E-state index contributed by atoms with van der Waals surface area (Å²) in [5.41, 5.74) is 3.83. The number of aryl methyl sites for hydroxylation is 2. The fraction of sp³-hybridized carbons (Fsp3) is 0.452. The lowest BCUT2D eigenvalue weighted by Gasteiger charge is -2.37. The lowest BCUT2D eigenvalue weighted by Crippen LogP contribution is -2.49. The molecule has 214 valence electrons. The Morgan fingerprint density at radius 2 is 1.76 bits per heavy atom. The number of halogens is 1. The largest absolute Gasteiger partial charge is 0.338 e. The Hall–Kier alpha value is -3.92. The molecule has 1 amide bonds. The van der Waals surface area contributed by atoms with Crippen molar-refractivity contribution in [1.29, 1.82) is 0 Å². The topological polar surface area (TPSA) is 101 Å². The molecule has 1 saturated heterocycles. The first-order chi connectivity index (χ1) is 19.8. The van der Waals surface area contributed by atoms with Crippen LogP contribution in [0.5, 0.6) is 0 Å². The second-order valence-corrected chi connectivity index (χ2v) is 11.5. The molecule has 4 aromatic rings. The van der Waals surface area contributed by atoms with Crippen molar-refractivity contribution in [3.05, 3.63) is 59.4 Å². The third kappa shape index (κ3) is 5.53. The van der Waals surface area contributed by atoms with Gasteiger partial charge < -0.3 is 20.1 Å². The molecular weight excluding hydrogens is 519 g/mol. The summed E-state index contributed by atoms with van der Waals surface area (Å²) in [5.74, 6) is 1.12. The van der Waals surface area contributed by atoms with E-state index in [4.69, 9.17) is 0 Å². The summed E-state index contributed by atoms with van der Waals surface area (Å²) >= 11 is 0. The van der Waals surface area contributed by atoms with Gasteiger partial charge in [0.15, 0.2) is 5.82 Å². The van der Waals surface area contributed by atoms with Crippen LogP contribution in [0.15, 0.2) is 36.5 Å². The molecule has 6 rings (SSSR count). The quantitative estimate of drug-likeness (QED) is 0.300. The number of pyridine rings is 1. The molecule has 2 fully saturated rings. The van der Waals surface area contributed by atoms with E-state index >= 15 is 0 Å². The number of anilines is 2. The number of fused-ring (bicyclic) bond motifs is 1. The van der Waals surface area contributed by atoms with Gasteiger partial charge in [0.1, 0.15) is 17.3 Å². The number of carbonyl (C=O) groups is 1. The van der Waals surface area contributed by atoms with E-state index in [0.717, 1.165) is 49.0 Å². The maximum Gasteiger partial charge on any atom is 0.255 e. The Kier molecular flexibility index (Phi) is 7.42. The number of piperidine rings is 1. The second-order valence-electron chi connectivity index (χ2n) is 11.5. The molecule has 9 nitrogen and oxygen atoms in total. The van der Waals surface area contributed by atoms with E-state index in [1.165, 1.54) is 19.3 Å². The summed E-state index contributed by atoms with van der Waals surface area (Å²) in [4.78, 5) is 33.0. The molecule has 1 aliphatic heterocycles. The Labute approximate surface area is 239 Å².